The lowest BCUT2D eigenvalue weighted by Crippen LogP contribution is -1.51. The Morgan fingerprint density at radius 3 is 1.75 bits per heavy atom. The van der Waals surface area contributed by atoms with Gasteiger partial charge in [-0.3, -0.25) is 0 Å². The van der Waals surface area contributed by atoms with Gasteiger partial charge in [-0.15, -0.1) is 0 Å². The van der Waals surface area contributed by atoms with Gasteiger partial charge in [-0.05, 0) is 29.3 Å². The Balaban J connectivity index is 0.000000320. The van der Waals surface area contributed by atoms with E-state index in [0.717, 1.165) is 11.1 Å². The van der Waals surface area contributed by atoms with Gasteiger partial charge >= 0.3 is 0 Å². The summed E-state index contributed by atoms with van der Waals surface area (Å²) >= 11 is 0. The maximum absolute atomic E-state index is 11.9. The Labute approximate surface area is 48.9 Å². The third kappa shape index (κ3) is 0.531. The normalized spacial score (nSPS) is 10.1. The van der Waals surface area contributed by atoms with E-state index in [0.29, 0.717) is 0 Å². The highest BCUT2D eigenvalue weighted by molar-refractivity contribution is 5.80. The lowest BCUT2D eigenvalue weighted by Gasteiger charge is -1.64. The summed E-state index contributed by atoms with van der Waals surface area (Å²) in [6.45, 7) is 0. The molecule has 0 radical (unpaired) electrons. The molecular formula is C6H6BF. The highest BCUT2D eigenvalue weighted by Gasteiger charge is 2.12. The van der Waals surface area contributed by atoms with Crippen molar-refractivity contribution in [3.05, 3.63) is 24.0 Å². The number of rotatable bonds is 0. The van der Waals surface area contributed by atoms with E-state index in [2.05, 4.69) is 0 Å². The zero-order valence-corrected chi connectivity index (χ0v) is 3.61. The molecule has 0 bridgehead atoms. The number of hydrogen-bond acceptors (Lipinski definition) is 0. The molecule has 2 aliphatic rings. The van der Waals surface area contributed by atoms with Crippen molar-refractivity contribution in [1.29, 1.82) is 0 Å². The second-order valence-corrected chi connectivity index (χ2v) is 1.73. The van der Waals surface area contributed by atoms with E-state index in [9.17, 15) is 4.39 Å². The molecule has 0 amide bonds. The molecule has 0 aliphatic heterocycles. The first-order valence-electron chi connectivity index (χ1n) is 2.17. The van der Waals surface area contributed by atoms with Gasteiger partial charge in [0.15, 0.2) is 0 Å². The monoisotopic (exact) mass is 108 g/mol. The van der Waals surface area contributed by atoms with Crippen molar-refractivity contribution in [3.63, 3.8) is 0 Å². The smallest absolute Gasteiger partial charge is 0.124 e. The van der Waals surface area contributed by atoms with E-state index in [1.54, 1.807) is 0 Å². The van der Waals surface area contributed by atoms with Crippen LogP contribution in [0.1, 0.15) is 0 Å². The molecule has 8 heavy (non-hydrogen) atoms. The van der Waals surface area contributed by atoms with Crippen molar-refractivity contribution < 1.29 is 4.39 Å². The molecule has 0 spiro atoms. The summed E-state index contributed by atoms with van der Waals surface area (Å²) in [5.41, 5.74) is 2.13. The van der Waals surface area contributed by atoms with Gasteiger partial charge in [0.2, 0.25) is 0 Å². The van der Waals surface area contributed by atoms with E-state index >= 15 is 0 Å². The summed E-state index contributed by atoms with van der Waals surface area (Å²) in [4.78, 5) is 0. The van der Waals surface area contributed by atoms with Crippen LogP contribution in [0.3, 0.4) is 0 Å². The molecule has 0 heterocycles. The second-order valence-electron chi connectivity index (χ2n) is 1.73. The Morgan fingerprint density at radius 2 is 1.50 bits per heavy atom. The van der Waals surface area contributed by atoms with Crippen LogP contribution in [0.15, 0.2) is 18.2 Å². The number of benzene rings is 1. The summed E-state index contributed by atoms with van der Waals surface area (Å²) < 4.78 is 11.9. The first-order chi connectivity index (χ1) is 3.36. The van der Waals surface area contributed by atoms with Gasteiger partial charge in [-0.25, -0.2) is 4.39 Å². The van der Waals surface area contributed by atoms with Crippen LogP contribution in [0.4, 0.5) is 4.39 Å². The SMILES string of the molecule is B.Fc1cc2cc-2c1. The molecule has 0 nitrogen and oxygen atoms in total. The molecule has 40 valence electrons. The number of fused-ring (bicyclic) bond motifs is 1. The predicted molar refractivity (Wildman–Crippen MR) is 35.3 cm³/mol. The molecule has 2 heteroatoms. The Kier molecular flexibility index (Phi) is 0.899. The highest BCUT2D eigenvalue weighted by Crippen LogP contribution is 2.34. The maximum Gasteiger partial charge on any atom is 0.124 e. The molecule has 0 aromatic rings. The van der Waals surface area contributed by atoms with Crippen LogP contribution in [-0.4, -0.2) is 8.41 Å². The fraction of sp³-hybridized carbons (Fsp3) is 0. The molecule has 0 saturated heterocycles. The second kappa shape index (κ2) is 1.34. The van der Waals surface area contributed by atoms with Crippen molar-refractivity contribution in [2.75, 3.05) is 0 Å². The summed E-state index contributed by atoms with van der Waals surface area (Å²) in [6, 6.07) is 5.02. The zero-order valence-electron chi connectivity index (χ0n) is 3.61. The van der Waals surface area contributed by atoms with Crippen LogP contribution >= 0.6 is 0 Å². The first kappa shape index (κ1) is 5.35. The van der Waals surface area contributed by atoms with Gasteiger partial charge in [0.25, 0.3) is 0 Å². The molecule has 0 atom stereocenters. The van der Waals surface area contributed by atoms with Crippen LogP contribution < -0.4 is 0 Å². The lowest BCUT2D eigenvalue weighted by molar-refractivity contribution is 0.632. The molecule has 0 unspecified atom stereocenters. The van der Waals surface area contributed by atoms with Gasteiger partial charge in [0.05, 0.1) is 8.41 Å². The Bertz CT molecular complexity index is 200. The van der Waals surface area contributed by atoms with E-state index in [4.69, 9.17) is 0 Å². The average molecular weight is 108 g/mol. The van der Waals surface area contributed by atoms with Gasteiger partial charge in [0.1, 0.15) is 5.82 Å². The Morgan fingerprint density at radius 1 is 1.00 bits per heavy atom. The maximum atomic E-state index is 11.9. The molecule has 0 N–H and O–H groups in total. The molecular weight excluding hydrogens is 102 g/mol. The van der Waals surface area contributed by atoms with Crippen LogP contribution in [0, 0.1) is 5.82 Å². The molecule has 2 aliphatic carbocycles. The van der Waals surface area contributed by atoms with Crippen molar-refractivity contribution in [3.8, 4) is 11.1 Å². The third-order valence-corrected chi connectivity index (χ3v) is 1.15. The van der Waals surface area contributed by atoms with E-state index in [1.165, 1.54) is 12.1 Å². The van der Waals surface area contributed by atoms with Crippen LogP contribution in [0.25, 0.3) is 11.1 Å². The zero-order chi connectivity index (χ0) is 4.85. The van der Waals surface area contributed by atoms with Crippen molar-refractivity contribution in [2.45, 2.75) is 0 Å². The predicted octanol–water partition coefficient (Wildman–Crippen LogP) is 0.622. The third-order valence-electron chi connectivity index (χ3n) is 1.15. The fourth-order valence-corrected chi connectivity index (χ4v) is 0.720. The standard InChI is InChI=1S/C6H3F.BH3/c7-6-2-4-1-5(4)3-6;/h1-3H;1H3. The largest absolute Gasteiger partial charge is 0.207 e. The molecule has 2 rings (SSSR count). The summed E-state index contributed by atoms with van der Waals surface area (Å²) in [5, 5.41) is 0. The van der Waals surface area contributed by atoms with Gasteiger partial charge in [-0.2, -0.15) is 0 Å². The minimum Gasteiger partial charge on any atom is -0.207 e. The topological polar surface area (TPSA) is 0 Å². The Hall–Kier alpha value is -0.785. The molecule has 0 aromatic heterocycles. The summed E-state index contributed by atoms with van der Waals surface area (Å²) in [7, 11) is 0. The van der Waals surface area contributed by atoms with Gasteiger partial charge in [0, 0.05) is 0 Å². The average Bonchev–Trinajstić information content (AvgIpc) is 2.15. The highest BCUT2D eigenvalue weighted by atomic mass is 19.1. The fourth-order valence-electron chi connectivity index (χ4n) is 0.720. The van der Waals surface area contributed by atoms with E-state index < -0.39 is 0 Å². The quantitative estimate of drug-likeness (QED) is 0.434. The minimum atomic E-state index is -0.104. The lowest BCUT2D eigenvalue weighted by atomic mass is 10.6. The first-order valence-corrected chi connectivity index (χ1v) is 2.17. The number of halogens is 1. The molecule has 0 saturated carbocycles. The number of hydrogen-bond donors (Lipinski definition) is 0. The summed E-state index contributed by atoms with van der Waals surface area (Å²) in [6.07, 6.45) is 0. The van der Waals surface area contributed by atoms with Gasteiger partial charge in [-0.1, -0.05) is 0 Å². The van der Waals surface area contributed by atoms with Crippen LogP contribution in [0.5, 0.6) is 0 Å². The van der Waals surface area contributed by atoms with E-state index in [1.807, 2.05) is 6.07 Å². The molecule has 0 fully saturated rings. The van der Waals surface area contributed by atoms with Gasteiger partial charge < -0.3 is 0 Å². The van der Waals surface area contributed by atoms with Crippen LogP contribution in [-0.2, 0) is 0 Å². The van der Waals surface area contributed by atoms with Crippen molar-refractivity contribution in [1.82, 2.24) is 0 Å². The molecule has 0 aromatic carbocycles. The van der Waals surface area contributed by atoms with Crippen molar-refractivity contribution >= 4 is 8.41 Å². The van der Waals surface area contributed by atoms with Crippen LogP contribution in [0.2, 0.25) is 0 Å². The summed E-state index contributed by atoms with van der Waals surface area (Å²) in [5.74, 6) is -0.104. The van der Waals surface area contributed by atoms with E-state index in [-0.39, 0.29) is 14.2 Å². The minimum absolute atomic E-state index is 0. The van der Waals surface area contributed by atoms with Crippen molar-refractivity contribution in [2.24, 2.45) is 0 Å².